The van der Waals surface area contributed by atoms with Gasteiger partial charge in [0.25, 0.3) is 0 Å². The molecule has 0 bridgehead atoms. The summed E-state index contributed by atoms with van der Waals surface area (Å²) in [5, 5.41) is 8.71. The van der Waals surface area contributed by atoms with E-state index in [4.69, 9.17) is 14.6 Å². The summed E-state index contributed by atoms with van der Waals surface area (Å²) in [6.45, 7) is 6.81. The molecule has 0 aliphatic heterocycles. The minimum Gasteiger partial charge on any atom is -0.450 e. The molecule has 0 aromatic heterocycles. The Labute approximate surface area is 104 Å². The fraction of sp³-hybridized carbons (Fsp3) is 0.923. The maximum absolute atomic E-state index is 10.6. The third kappa shape index (κ3) is 8.02. The van der Waals surface area contributed by atoms with Crippen LogP contribution in [0.2, 0.25) is 0 Å². The quantitative estimate of drug-likeness (QED) is 0.359. The summed E-state index contributed by atoms with van der Waals surface area (Å²) < 4.78 is 10.4. The van der Waals surface area contributed by atoms with Crippen LogP contribution in [0.1, 0.15) is 59.3 Å². The third-order valence-corrected chi connectivity index (χ3v) is 2.83. The van der Waals surface area contributed by atoms with Crippen molar-refractivity contribution in [2.24, 2.45) is 5.92 Å². The molecule has 0 aromatic carbocycles. The first kappa shape index (κ1) is 16.2. The summed E-state index contributed by atoms with van der Waals surface area (Å²) in [7, 11) is 0. The van der Waals surface area contributed by atoms with E-state index in [1.54, 1.807) is 0 Å². The molecule has 0 aliphatic carbocycles. The number of carboxylic acid groups (broad SMARTS) is 1. The molecule has 0 aliphatic rings. The van der Waals surface area contributed by atoms with Gasteiger partial charge in [0.05, 0.1) is 6.61 Å². The van der Waals surface area contributed by atoms with Crippen LogP contribution < -0.4 is 0 Å². The van der Waals surface area contributed by atoms with Gasteiger partial charge in [-0.1, -0.05) is 40.0 Å². The van der Waals surface area contributed by atoms with E-state index in [-0.39, 0.29) is 5.92 Å². The lowest BCUT2D eigenvalue weighted by molar-refractivity contribution is -0.149. The van der Waals surface area contributed by atoms with Crippen LogP contribution in [0.3, 0.4) is 0 Å². The molecule has 0 amide bonds. The number of carbonyl (C=O) groups is 1. The second-order valence-electron chi connectivity index (χ2n) is 4.29. The molecule has 17 heavy (non-hydrogen) atoms. The third-order valence-electron chi connectivity index (χ3n) is 2.83. The summed E-state index contributed by atoms with van der Waals surface area (Å²) in [6.07, 6.45) is 4.13. The summed E-state index contributed by atoms with van der Waals surface area (Å²) in [4.78, 5) is 10.6. The molecule has 2 unspecified atom stereocenters. The Kier molecular flexibility index (Phi) is 9.92. The lowest BCUT2D eigenvalue weighted by Gasteiger charge is -2.25. The van der Waals surface area contributed by atoms with Crippen molar-refractivity contribution >= 4 is 6.16 Å². The molecule has 0 rings (SSSR count). The molecule has 0 saturated heterocycles. The smallest absolute Gasteiger partial charge is 0.450 e. The monoisotopic (exact) mass is 246 g/mol. The highest BCUT2D eigenvalue weighted by atomic mass is 16.8. The Morgan fingerprint density at radius 1 is 1.18 bits per heavy atom. The average molecular weight is 246 g/mol. The minimum atomic E-state index is -1.25. The molecule has 0 fully saturated rings. The van der Waals surface area contributed by atoms with Crippen molar-refractivity contribution in [1.29, 1.82) is 0 Å². The predicted molar refractivity (Wildman–Crippen MR) is 67.1 cm³/mol. The molecule has 0 saturated carbocycles. The van der Waals surface area contributed by atoms with Gasteiger partial charge in [0.15, 0.2) is 0 Å². The van der Waals surface area contributed by atoms with E-state index in [0.717, 1.165) is 38.5 Å². The van der Waals surface area contributed by atoms with Gasteiger partial charge < -0.3 is 14.6 Å². The minimum absolute atomic E-state index is 0.169. The van der Waals surface area contributed by atoms with Gasteiger partial charge in [-0.3, -0.25) is 0 Å². The van der Waals surface area contributed by atoms with Crippen LogP contribution in [0.15, 0.2) is 0 Å². The van der Waals surface area contributed by atoms with Crippen molar-refractivity contribution in [2.75, 3.05) is 6.61 Å². The first-order valence-corrected chi connectivity index (χ1v) is 6.66. The highest BCUT2D eigenvalue weighted by molar-refractivity contribution is 5.56. The maximum Gasteiger partial charge on any atom is 0.508 e. The number of hydrogen-bond acceptors (Lipinski definition) is 3. The largest absolute Gasteiger partial charge is 0.508 e. The van der Waals surface area contributed by atoms with Crippen molar-refractivity contribution in [1.82, 2.24) is 0 Å². The van der Waals surface area contributed by atoms with Gasteiger partial charge in [-0.15, -0.1) is 0 Å². The Balaban J connectivity index is 4.23. The van der Waals surface area contributed by atoms with Crippen molar-refractivity contribution in [3.05, 3.63) is 0 Å². The van der Waals surface area contributed by atoms with Crippen molar-refractivity contribution in [3.8, 4) is 0 Å². The van der Waals surface area contributed by atoms with E-state index in [9.17, 15) is 4.79 Å². The van der Waals surface area contributed by atoms with Crippen LogP contribution >= 0.6 is 0 Å². The van der Waals surface area contributed by atoms with E-state index in [0.29, 0.717) is 6.61 Å². The van der Waals surface area contributed by atoms with Crippen LogP contribution in [0.25, 0.3) is 0 Å². The van der Waals surface area contributed by atoms with Gasteiger partial charge in [-0.05, 0) is 19.3 Å². The lowest BCUT2D eigenvalue weighted by Crippen LogP contribution is -2.29. The molecule has 2 atom stereocenters. The summed E-state index contributed by atoms with van der Waals surface area (Å²) in [6, 6.07) is 0. The highest BCUT2D eigenvalue weighted by Crippen LogP contribution is 2.21. The van der Waals surface area contributed by atoms with Crippen LogP contribution in [0.4, 0.5) is 4.79 Å². The summed E-state index contributed by atoms with van der Waals surface area (Å²) >= 11 is 0. The van der Waals surface area contributed by atoms with Crippen molar-refractivity contribution in [3.63, 3.8) is 0 Å². The SMILES string of the molecule is CCCCOC(OC(=O)O)C(CC)CCCC. The Hall–Kier alpha value is -0.770. The Bertz CT molecular complexity index is 194. The molecule has 0 aromatic rings. The molecule has 4 nitrogen and oxygen atoms in total. The van der Waals surface area contributed by atoms with E-state index in [1.807, 2.05) is 6.92 Å². The highest BCUT2D eigenvalue weighted by Gasteiger charge is 2.23. The number of unbranched alkanes of at least 4 members (excludes halogenated alkanes) is 2. The van der Waals surface area contributed by atoms with Gasteiger partial charge in [0.2, 0.25) is 6.29 Å². The van der Waals surface area contributed by atoms with Gasteiger partial charge >= 0.3 is 6.16 Å². The van der Waals surface area contributed by atoms with Crippen molar-refractivity contribution < 1.29 is 19.4 Å². The molecular weight excluding hydrogens is 220 g/mol. The van der Waals surface area contributed by atoms with Crippen LogP contribution in [0, 0.1) is 5.92 Å². The number of ether oxygens (including phenoxy) is 2. The van der Waals surface area contributed by atoms with Crippen LogP contribution in [-0.4, -0.2) is 24.2 Å². The topological polar surface area (TPSA) is 55.8 Å². The molecule has 0 radical (unpaired) electrons. The maximum atomic E-state index is 10.6. The second-order valence-corrected chi connectivity index (χ2v) is 4.29. The van der Waals surface area contributed by atoms with Crippen LogP contribution in [0.5, 0.6) is 0 Å². The second kappa shape index (κ2) is 10.4. The first-order valence-electron chi connectivity index (χ1n) is 6.66. The molecule has 0 spiro atoms. The molecule has 4 heteroatoms. The zero-order valence-corrected chi connectivity index (χ0v) is 11.3. The normalized spacial score (nSPS) is 14.3. The lowest BCUT2D eigenvalue weighted by atomic mass is 9.99. The zero-order chi connectivity index (χ0) is 13.1. The van der Waals surface area contributed by atoms with E-state index < -0.39 is 12.4 Å². The first-order chi connectivity index (χ1) is 8.15. The fourth-order valence-electron chi connectivity index (χ4n) is 1.71. The fourth-order valence-corrected chi connectivity index (χ4v) is 1.71. The Morgan fingerprint density at radius 2 is 1.82 bits per heavy atom. The predicted octanol–water partition coefficient (Wildman–Crippen LogP) is 4.04. The van der Waals surface area contributed by atoms with Gasteiger partial charge in [-0.25, -0.2) is 4.79 Å². The van der Waals surface area contributed by atoms with E-state index >= 15 is 0 Å². The Morgan fingerprint density at radius 3 is 2.29 bits per heavy atom. The van der Waals surface area contributed by atoms with Gasteiger partial charge in [-0.2, -0.15) is 0 Å². The molecular formula is C13H26O4. The standard InChI is InChI=1S/C13H26O4/c1-4-7-9-11(6-3)12(17-13(14)15)16-10-8-5-2/h11-12H,4-10H2,1-3H3,(H,14,15). The van der Waals surface area contributed by atoms with Gasteiger partial charge in [0.1, 0.15) is 0 Å². The average Bonchev–Trinajstić information content (AvgIpc) is 2.29. The van der Waals surface area contributed by atoms with E-state index in [1.165, 1.54) is 0 Å². The summed E-state index contributed by atoms with van der Waals surface area (Å²) in [5.74, 6) is 0.169. The van der Waals surface area contributed by atoms with E-state index in [2.05, 4.69) is 13.8 Å². The number of hydrogen-bond donors (Lipinski definition) is 1. The van der Waals surface area contributed by atoms with Gasteiger partial charge in [0, 0.05) is 5.92 Å². The molecule has 0 heterocycles. The summed E-state index contributed by atoms with van der Waals surface area (Å²) in [5.41, 5.74) is 0. The molecule has 102 valence electrons. The molecule has 1 N–H and O–H groups in total. The van der Waals surface area contributed by atoms with Crippen molar-refractivity contribution in [2.45, 2.75) is 65.6 Å². The van der Waals surface area contributed by atoms with Crippen LogP contribution in [-0.2, 0) is 9.47 Å². The number of rotatable bonds is 10. The zero-order valence-electron chi connectivity index (χ0n) is 11.3.